The van der Waals surface area contributed by atoms with E-state index in [1.54, 1.807) is 20.8 Å². The highest BCUT2D eigenvalue weighted by molar-refractivity contribution is 5.91. The summed E-state index contributed by atoms with van der Waals surface area (Å²) in [5.74, 6) is -3.43. The number of fused-ring (bicyclic) bond motifs is 1. The lowest BCUT2D eigenvalue weighted by molar-refractivity contribution is -0.339. The Bertz CT molecular complexity index is 1110. The minimum Gasteiger partial charge on any atom is -0.465 e. The number of rotatable bonds is 7. The molecule has 1 saturated heterocycles. The van der Waals surface area contributed by atoms with Crippen molar-refractivity contribution in [1.82, 2.24) is 0 Å². The van der Waals surface area contributed by atoms with Crippen LogP contribution in [0.5, 0.6) is 0 Å². The Balaban J connectivity index is 2.00. The van der Waals surface area contributed by atoms with Crippen LogP contribution in [0.4, 0.5) is 0 Å². The number of carbonyl (C=O) groups excluding carboxylic acids is 4. The van der Waals surface area contributed by atoms with Crippen LogP contribution >= 0.6 is 0 Å². The van der Waals surface area contributed by atoms with Crippen molar-refractivity contribution >= 4 is 23.7 Å². The molecule has 0 unspecified atom stereocenters. The molecule has 1 aromatic rings. The van der Waals surface area contributed by atoms with Crippen molar-refractivity contribution in [3.05, 3.63) is 35.9 Å². The zero-order valence-electron chi connectivity index (χ0n) is 22.6. The van der Waals surface area contributed by atoms with Crippen molar-refractivity contribution < 1.29 is 48.0 Å². The van der Waals surface area contributed by atoms with Crippen LogP contribution in [0.1, 0.15) is 59.9 Å². The molecule has 1 heterocycles. The van der Waals surface area contributed by atoms with E-state index in [4.69, 9.17) is 23.7 Å². The fourth-order valence-corrected chi connectivity index (χ4v) is 6.96. The Morgan fingerprint density at radius 1 is 1.00 bits per heavy atom. The van der Waals surface area contributed by atoms with Gasteiger partial charge in [-0.05, 0) is 39.2 Å². The van der Waals surface area contributed by atoms with Gasteiger partial charge in [0.2, 0.25) is 0 Å². The van der Waals surface area contributed by atoms with Crippen molar-refractivity contribution in [2.24, 2.45) is 11.3 Å². The second kappa shape index (κ2) is 9.73. The Hall–Kier alpha value is -2.82. The molecule has 1 N–H and O–H groups in total. The second-order valence-electron chi connectivity index (χ2n) is 11.3. The Morgan fingerprint density at radius 3 is 2.21 bits per heavy atom. The number of benzene rings is 1. The van der Waals surface area contributed by atoms with E-state index < -0.39 is 76.7 Å². The van der Waals surface area contributed by atoms with Gasteiger partial charge in [-0.15, -0.1) is 0 Å². The third kappa shape index (κ3) is 4.23. The highest BCUT2D eigenvalue weighted by Gasteiger charge is 2.86. The fourth-order valence-electron chi connectivity index (χ4n) is 6.96. The average Bonchev–Trinajstić information content (AvgIpc) is 3.01. The molecule has 0 radical (unpaired) electrons. The summed E-state index contributed by atoms with van der Waals surface area (Å²) in [5, 5.41) is 12.1. The molecule has 10 heteroatoms. The van der Waals surface area contributed by atoms with E-state index in [1.165, 1.54) is 20.8 Å². The van der Waals surface area contributed by atoms with Gasteiger partial charge in [-0.3, -0.25) is 19.2 Å². The van der Waals surface area contributed by atoms with Gasteiger partial charge in [-0.2, -0.15) is 0 Å². The quantitative estimate of drug-likeness (QED) is 0.412. The summed E-state index contributed by atoms with van der Waals surface area (Å²) in [4.78, 5) is 51.3. The van der Waals surface area contributed by atoms with Crippen LogP contribution in [-0.4, -0.2) is 70.5 Å². The zero-order valence-corrected chi connectivity index (χ0v) is 22.6. The van der Waals surface area contributed by atoms with Gasteiger partial charge in [0.05, 0.1) is 23.7 Å². The zero-order chi connectivity index (χ0) is 28.1. The molecule has 10 nitrogen and oxygen atoms in total. The van der Waals surface area contributed by atoms with Crippen molar-refractivity contribution in [3.8, 4) is 0 Å². The predicted octanol–water partition coefficient (Wildman–Crippen LogP) is 2.28. The lowest BCUT2D eigenvalue weighted by Gasteiger charge is -2.64. The Labute approximate surface area is 221 Å². The molecule has 1 aliphatic heterocycles. The van der Waals surface area contributed by atoms with E-state index >= 15 is 0 Å². The van der Waals surface area contributed by atoms with Crippen molar-refractivity contribution in [1.29, 1.82) is 0 Å². The molecule has 4 rings (SSSR count). The summed E-state index contributed by atoms with van der Waals surface area (Å²) in [5.41, 5.74) is -5.72. The maximum Gasteiger partial charge on any atom is 0.303 e. The summed E-state index contributed by atoms with van der Waals surface area (Å²) in [6.07, 6.45) is -3.46. The third-order valence-corrected chi connectivity index (χ3v) is 8.24. The van der Waals surface area contributed by atoms with Gasteiger partial charge >= 0.3 is 17.9 Å². The van der Waals surface area contributed by atoms with Gasteiger partial charge in [0, 0.05) is 20.8 Å². The first-order chi connectivity index (χ1) is 17.7. The summed E-state index contributed by atoms with van der Waals surface area (Å²) >= 11 is 0. The van der Waals surface area contributed by atoms with Crippen LogP contribution in [0.25, 0.3) is 0 Å². The van der Waals surface area contributed by atoms with Crippen molar-refractivity contribution in [3.63, 3.8) is 0 Å². The summed E-state index contributed by atoms with van der Waals surface area (Å²) in [7, 11) is 0. The first-order valence-electron chi connectivity index (χ1n) is 12.8. The lowest BCUT2D eigenvalue weighted by Crippen LogP contribution is -2.82. The number of aliphatic hydroxyl groups is 1. The minimum absolute atomic E-state index is 0.00939. The van der Waals surface area contributed by atoms with Gasteiger partial charge in [-0.25, -0.2) is 0 Å². The first-order valence-corrected chi connectivity index (χ1v) is 12.8. The second-order valence-corrected chi connectivity index (χ2v) is 11.3. The molecule has 1 spiro atoms. The molecule has 2 aliphatic carbocycles. The Morgan fingerprint density at radius 2 is 1.63 bits per heavy atom. The molecule has 7 atom stereocenters. The lowest BCUT2D eigenvalue weighted by atomic mass is 9.46. The SMILES string of the molecule is CC(=O)OC[C@@]12[C@@H](OC(C)=O)CC[C@](C)(O)[C@]13OC(C)(C)[C@H](C(=O)[C@H]2OCc1ccccc1)[C@H]3OC(C)=O. The number of Topliss-reactive ketones (excluding diaryl/α,β-unsaturated/α-hetero) is 1. The maximum atomic E-state index is 14.4. The molecule has 1 aromatic carbocycles. The fraction of sp³-hybridized carbons (Fsp3) is 0.643. The molecule has 208 valence electrons. The van der Waals surface area contributed by atoms with Crippen LogP contribution in [0.3, 0.4) is 0 Å². The van der Waals surface area contributed by atoms with Crippen LogP contribution in [0, 0.1) is 11.3 Å². The highest BCUT2D eigenvalue weighted by atomic mass is 16.6. The molecule has 0 amide bonds. The number of ketones is 1. The predicted molar refractivity (Wildman–Crippen MR) is 131 cm³/mol. The molecule has 2 bridgehead atoms. The van der Waals surface area contributed by atoms with Crippen LogP contribution < -0.4 is 0 Å². The standard InChI is InChI=1S/C28H36O10/c1-16(29)35-15-27-20(36-17(2)30)12-13-26(6,33)28(27)23(37-18(3)31)21(25(4,5)38-28)22(32)24(27)34-14-19-10-8-7-9-11-19/h7-11,20-21,23-24,33H,12-15H2,1-6H3/t20-,21+,23+,24+,26-,27-,28-/m0/s1. The molecular weight excluding hydrogens is 496 g/mol. The van der Waals surface area contributed by atoms with E-state index in [1.807, 2.05) is 30.3 Å². The van der Waals surface area contributed by atoms with E-state index in [9.17, 15) is 24.3 Å². The van der Waals surface area contributed by atoms with Gasteiger partial charge in [-0.1, -0.05) is 30.3 Å². The van der Waals surface area contributed by atoms with Crippen LogP contribution in [-0.2, 0) is 49.5 Å². The topological polar surface area (TPSA) is 135 Å². The Kier molecular flexibility index (Phi) is 7.22. The number of esters is 3. The smallest absolute Gasteiger partial charge is 0.303 e. The number of hydrogen-bond donors (Lipinski definition) is 1. The van der Waals surface area contributed by atoms with E-state index in [0.717, 1.165) is 5.56 Å². The first kappa shape index (κ1) is 28.2. The van der Waals surface area contributed by atoms with E-state index in [0.29, 0.717) is 0 Å². The average molecular weight is 533 g/mol. The third-order valence-electron chi connectivity index (χ3n) is 8.24. The normalized spacial score (nSPS) is 37.2. The monoisotopic (exact) mass is 532 g/mol. The molecular formula is C28H36O10. The summed E-state index contributed by atoms with van der Waals surface area (Å²) in [6.45, 7) is 8.08. The van der Waals surface area contributed by atoms with Crippen molar-refractivity contribution in [2.75, 3.05) is 6.61 Å². The summed E-state index contributed by atoms with van der Waals surface area (Å²) in [6, 6.07) is 9.18. The molecule has 3 aliphatic rings. The van der Waals surface area contributed by atoms with Crippen LogP contribution in [0.2, 0.25) is 0 Å². The maximum absolute atomic E-state index is 14.4. The van der Waals surface area contributed by atoms with Crippen LogP contribution in [0.15, 0.2) is 30.3 Å². The number of hydrogen-bond acceptors (Lipinski definition) is 10. The van der Waals surface area contributed by atoms with E-state index in [-0.39, 0.29) is 19.4 Å². The molecule has 3 fully saturated rings. The highest BCUT2D eigenvalue weighted by Crippen LogP contribution is 2.68. The van der Waals surface area contributed by atoms with Gasteiger partial charge in [0.15, 0.2) is 11.4 Å². The largest absolute Gasteiger partial charge is 0.465 e. The van der Waals surface area contributed by atoms with Gasteiger partial charge in [0.1, 0.15) is 30.3 Å². The van der Waals surface area contributed by atoms with E-state index in [2.05, 4.69) is 0 Å². The van der Waals surface area contributed by atoms with Gasteiger partial charge in [0.25, 0.3) is 0 Å². The molecule has 38 heavy (non-hydrogen) atoms. The number of carbonyl (C=O) groups is 4. The molecule has 0 aromatic heterocycles. The molecule has 2 saturated carbocycles. The number of ether oxygens (including phenoxy) is 5. The minimum atomic E-state index is -1.83. The van der Waals surface area contributed by atoms with Crippen molar-refractivity contribution in [2.45, 2.75) is 96.1 Å². The van der Waals surface area contributed by atoms with Gasteiger partial charge < -0.3 is 28.8 Å². The summed E-state index contributed by atoms with van der Waals surface area (Å²) < 4.78 is 30.2.